The summed E-state index contributed by atoms with van der Waals surface area (Å²) in [5, 5.41) is 0. The lowest BCUT2D eigenvalue weighted by Gasteiger charge is -2.32. The summed E-state index contributed by atoms with van der Waals surface area (Å²) in [6.45, 7) is 4.92. The minimum absolute atomic E-state index is 0.0134. The number of methoxy groups -OCH3 is 1. The quantitative estimate of drug-likeness (QED) is 0.428. The van der Waals surface area contributed by atoms with E-state index < -0.39 is 11.9 Å². The number of esters is 1. The van der Waals surface area contributed by atoms with Gasteiger partial charge < -0.3 is 9.64 Å². The molecule has 36 heavy (non-hydrogen) atoms. The predicted molar refractivity (Wildman–Crippen MR) is 136 cm³/mol. The number of amidine groups is 1. The number of hydrogen-bond acceptors (Lipinski definition) is 6. The highest BCUT2D eigenvalue weighted by molar-refractivity contribution is 6.23. The topological polar surface area (TPSA) is 105 Å². The third kappa shape index (κ3) is 5.58. The summed E-state index contributed by atoms with van der Waals surface area (Å²) in [5.74, 6) is -0.792. The standard InChI is InChI=1S/C28H31N3O5/c1-17(14-23-29-25-18(2)6-4-9-22(25)27(34)30-23)15-24(32)31-12-10-19(11-13-31)26(33)20-7-5-8-21(16-20)28(35)36-3/h4-9,16-17,19,22H,10-15H2,1-3H3/t17-,22?/m0/s1. The second kappa shape index (κ2) is 10.9. The molecule has 8 heteroatoms. The van der Waals surface area contributed by atoms with Crippen molar-refractivity contribution in [2.45, 2.75) is 39.5 Å². The molecule has 0 saturated carbocycles. The minimum Gasteiger partial charge on any atom is -0.465 e. The largest absolute Gasteiger partial charge is 0.465 e. The molecule has 0 N–H and O–H groups in total. The van der Waals surface area contributed by atoms with Crippen molar-refractivity contribution in [1.29, 1.82) is 0 Å². The number of benzene rings is 1. The molecule has 0 aromatic heterocycles. The predicted octanol–water partition coefficient (Wildman–Crippen LogP) is 3.82. The number of aliphatic imine (C=N–C) groups is 2. The van der Waals surface area contributed by atoms with Crippen LogP contribution in [-0.2, 0) is 14.3 Å². The first-order chi connectivity index (χ1) is 17.3. The summed E-state index contributed by atoms with van der Waals surface area (Å²) < 4.78 is 4.74. The van der Waals surface area contributed by atoms with Crippen molar-refractivity contribution in [3.63, 3.8) is 0 Å². The lowest BCUT2D eigenvalue weighted by atomic mass is 9.88. The number of hydrogen-bond donors (Lipinski definition) is 0. The average molecular weight is 490 g/mol. The Morgan fingerprint density at radius 2 is 1.86 bits per heavy atom. The molecule has 2 aliphatic heterocycles. The first-order valence-corrected chi connectivity index (χ1v) is 12.3. The molecule has 0 bridgehead atoms. The van der Waals surface area contributed by atoms with Crippen molar-refractivity contribution in [1.82, 2.24) is 4.90 Å². The first-order valence-electron chi connectivity index (χ1n) is 12.3. The van der Waals surface area contributed by atoms with E-state index in [1.165, 1.54) is 7.11 Å². The number of allylic oxidation sites excluding steroid dienone is 3. The molecule has 0 spiro atoms. The smallest absolute Gasteiger partial charge is 0.337 e. The van der Waals surface area contributed by atoms with Gasteiger partial charge in [0.15, 0.2) is 5.78 Å². The van der Waals surface area contributed by atoms with Crippen LogP contribution < -0.4 is 0 Å². The highest BCUT2D eigenvalue weighted by Gasteiger charge is 2.31. The Kier molecular flexibility index (Phi) is 7.72. The molecule has 1 saturated heterocycles. The van der Waals surface area contributed by atoms with Gasteiger partial charge in [-0.3, -0.25) is 14.4 Å². The average Bonchev–Trinajstić information content (AvgIpc) is 2.88. The van der Waals surface area contributed by atoms with E-state index in [1.807, 2.05) is 32.1 Å². The number of fused-ring (bicyclic) bond motifs is 1. The second-order valence-corrected chi connectivity index (χ2v) is 9.68. The molecule has 1 aromatic rings. The lowest BCUT2D eigenvalue weighted by molar-refractivity contribution is -0.133. The maximum absolute atomic E-state index is 13.0. The summed E-state index contributed by atoms with van der Waals surface area (Å²) in [6.07, 6.45) is 7.54. The van der Waals surface area contributed by atoms with Gasteiger partial charge in [0.1, 0.15) is 11.8 Å². The van der Waals surface area contributed by atoms with Crippen LogP contribution in [0.3, 0.4) is 0 Å². The number of rotatable bonds is 7. The van der Waals surface area contributed by atoms with Crippen LogP contribution in [0.25, 0.3) is 0 Å². The Labute approximate surface area is 210 Å². The number of Topliss-reactive ketones (excluding diaryl/α,β-unsaturated/α-hetero) is 1. The van der Waals surface area contributed by atoms with Crippen LogP contribution in [0.2, 0.25) is 0 Å². The van der Waals surface area contributed by atoms with Crippen molar-refractivity contribution in [3.8, 4) is 0 Å². The summed E-state index contributed by atoms with van der Waals surface area (Å²) in [6, 6.07) is 6.57. The van der Waals surface area contributed by atoms with Gasteiger partial charge in [0.25, 0.3) is 5.91 Å². The van der Waals surface area contributed by atoms with E-state index in [0.717, 1.165) is 11.3 Å². The zero-order chi connectivity index (χ0) is 25.8. The number of nitrogens with zero attached hydrogens (tertiary/aromatic N) is 3. The molecule has 8 nitrogen and oxygen atoms in total. The summed E-state index contributed by atoms with van der Waals surface area (Å²) in [4.78, 5) is 60.7. The van der Waals surface area contributed by atoms with Gasteiger partial charge >= 0.3 is 5.97 Å². The first kappa shape index (κ1) is 25.4. The number of carbonyl (C=O) groups is 4. The van der Waals surface area contributed by atoms with Crippen LogP contribution in [0.15, 0.2) is 58.1 Å². The van der Waals surface area contributed by atoms with E-state index in [1.54, 1.807) is 29.2 Å². The van der Waals surface area contributed by atoms with Crippen LogP contribution in [0.4, 0.5) is 0 Å². The third-order valence-corrected chi connectivity index (χ3v) is 6.94. The number of likely N-dealkylation sites (tertiary alicyclic amines) is 1. The van der Waals surface area contributed by atoms with Crippen molar-refractivity contribution >= 4 is 35.1 Å². The number of piperidine rings is 1. The highest BCUT2D eigenvalue weighted by Crippen LogP contribution is 2.26. The Bertz CT molecular complexity index is 1200. The fraction of sp³-hybridized carbons (Fsp3) is 0.429. The summed E-state index contributed by atoms with van der Waals surface area (Å²) in [7, 11) is 1.31. The fourth-order valence-corrected chi connectivity index (χ4v) is 4.90. The molecule has 1 aliphatic carbocycles. The highest BCUT2D eigenvalue weighted by atomic mass is 16.5. The van der Waals surface area contributed by atoms with Gasteiger partial charge in [0.05, 0.1) is 18.4 Å². The molecule has 2 atom stereocenters. The molecule has 1 unspecified atom stereocenters. The molecule has 188 valence electrons. The van der Waals surface area contributed by atoms with Gasteiger partial charge in [-0.1, -0.05) is 37.3 Å². The van der Waals surface area contributed by atoms with Gasteiger partial charge in [0, 0.05) is 37.4 Å². The Balaban J connectivity index is 1.29. The molecular formula is C28H31N3O5. The van der Waals surface area contributed by atoms with E-state index in [2.05, 4.69) is 9.98 Å². The molecular weight excluding hydrogens is 458 g/mol. The third-order valence-electron chi connectivity index (χ3n) is 6.94. The normalized spacial score (nSPS) is 20.6. The minimum atomic E-state index is -0.476. The lowest BCUT2D eigenvalue weighted by Crippen LogP contribution is -2.41. The van der Waals surface area contributed by atoms with Crippen molar-refractivity contribution in [2.24, 2.45) is 27.7 Å². The molecule has 1 fully saturated rings. The Morgan fingerprint density at radius 3 is 2.58 bits per heavy atom. The van der Waals surface area contributed by atoms with E-state index in [4.69, 9.17) is 4.74 Å². The van der Waals surface area contributed by atoms with Crippen LogP contribution >= 0.6 is 0 Å². The van der Waals surface area contributed by atoms with E-state index in [9.17, 15) is 19.2 Å². The SMILES string of the molecule is COC(=O)c1cccc(C(=O)C2CCN(C(=O)C[C@@H](C)CC3=NC(=O)C4C=CC=C(C)C4=N3)CC2)c1. The zero-order valence-electron chi connectivity index (χ0n) is 20.9. The summed E-state index contributed by atoms with van der Waals surface area (Å²) >= 11 is 0. The zero-order valence-corrected chi connectivity index (χ0v) is 20.9. The van der Waals surface area contributed by atoms with Gasteiger partial charge in [0.2, 0.25) is 5.91 Å². The van der Waals surface area contributed by atoms with Gasteiger partial charge in [-0.2, -0.15) is 4.99 Å². The molecule has 0 radical (unpaired) electrons. The Hall–Kier alpha value is -3.68. The number of ether oxygens (including phenoxy) is 1. The van der Waals surface area contributed by atoms with Gasteiger partial charge in [-0.05, 0) is 43.4 Å². The van der Waals surface area contributed by atoms with E-state index in [0.29, 0.717) is 55.7 Å². The number of carbonyl (C=O) groups excluding carboxylic acids is 4. The van der Waals surface area contributed by atoms with Crippen LogP contribution in [0.1, 0.15) is 60.2 Å². The van der Waals surface area contributed by atoms with E-state index in [-0.39, 0.29) is 29.4 Å². The van der Waals surface area contributed by atoms with Crippen LogP contribution in [-0.4, -0.2) is 60.2 Å². The molecule has 4 rings (SSSR count). The van der Waals surface area contributed by atoms with Gasteiger partial charge in [-0.15, -0.1) is 0 Å². The summed E-state index contributed by atoms with van der Waals surface area (Å²) in [5.41, 5.74) is 2.54. The maximum Gasteiger partial charge on any atom is 0.337 e. The monoisotopic (exact) mass is 489 g/mol. The maximum atomic E-state index is 13.0. The Morgan fingerprint density at radius 1 is 1.14 bits per heavy atom. The number of ketones is 1. The fourth-order valence-electron chi connectivity index (χ4n) is 4.90. The second-order valence-electron chi connectivity index (χ2n) is 9.68. The molecule has 1 aromatic carbocycles. The van der Waals surface area contributed by atoms with E-state index >= 15 is 0 Å². The van der Waals surface area contributed by atoms with Gasteiger partial charge in [-0.25, -0.2) is 9.79 Å². The van der Waals surface area contributed by atoms with Crippen LogP contribution in [0.5, 0.6) is 0 Å². The number of amides is 2. The molecule has 3 aliphatic rings. The van der Waals surface area contributed by atoms with Crippen LogP contribution in [0, 0.1) is 17.8 Å². The molecule has 2 heterocycles. The molecule has 2 amide bonds. The van der Waals surface area contributed by atoms with Crippen molar-refractivity contribution < 1.29 is 23.9 Å². The van der Waals surface area contributed by atoms with Crippen molar-refractivity contribution in [3.05, 3.63) is 59.2 Å². The van der Waals surface area contributed by atoms with Crippen molar-refractivity contribution in [2.75, 3.05) is 20.2 Å².